The Morgan fingerprint density at radius 2 is 1.86 bits per heavy atom. The molecule has 0 fully saturated rings. The summed E-state index contributed by atoms with van der Waals surface area (Å²) in [6.45, 7) is 1.66. The van der Waals surface area contributed by atoms with Gasteiger partial charge in [-0.1, -0.05) is 23.9 Å². The molecule has 22 heavy (non-hydrogen) atoms. The van der Waals surface area contributed by atoms with E-state index in [9.17, 15) is 8.78 Å². The number of furan rings is 1. The molecule has 120 valence electrons. The third-order valence-electron chi connectivity index (χ3n) is 3.21. The highest BCUT2D eigenvalue weighted by molar-refractivity contribution is 7.98. The number of alkyl halides is 2. The average molecular weight is 328 g/mol. The average Bonchev–Trinajstić information content (AvgIpc) is 2.98. The number of thioether (sulfide) groups is 1. The molecule has 1 aromatic carbocycles. The molecule has 2 N–H and O–H groups in total. The van der Waals surface area contributed by atoms with Gasteiger partial charge in [0.15, 0.2) is 5.76 Å². The van der Waals surface area contributed by atoms with Crippen molar-refractivity contribution in [1.82, 2.24) is 0 Å². The van der Waals surface area contributed by atoms with Crippen molar-refractivity contribution < 1.29 is 23.3 Å². The minimum absolute atomic E-state index is 0.212. The zero-order valence-electron chi connectivity index (χ0n) is 12.4. The van der Waals surface area contributed by atoms with Crippen molar-refractivity contribution in [1.29, 1.82) is 0 Å². The number of hydrogen-bond acceptors (Lipinski definition) is 3. The van der Waals surface area contributed by atoms with Crippen LogP contribution in [-0.4, -0.2) is 19.4 Å². The summed E-state index contributed by atoms with van der Waals surface area (Å²) in [6.07, 6.45) is 0.957. The van der Waals surface area contributed by atoms with Crippen LogP contribution in [0.3, 0.4) is 0 Å². The van der Waals surface area contributed by atoms with Crippen molar-refractivity contribution in [2.75, 3.05) is 13.7 Å². The van der Waals surface area contributed by atoms with Crippen molar-refractivity contribution in [3.63, 3.8) is 0 Å². The zero-order chi connectivity index (χ0) is 15.8. The van der Waals surface area contributed by atoms with Gasteiger partial charge in [0.05, 0.1) is 19.4 Å². The number of hydrogen-bond donors (Lipinski definition) is 1. The van der Waals surface area contributed by atoms with Crippen molar-refractivity contribution in [3.05, 3.63) is 53.5 Å². The molecule has 2 rings (SSSR count). The van der Waals surface area contributed by atoms with Gasteiger partial charge in [-0.2, -0.15) is 8.78 Å². The molecule has 1 heterocycles. The summed E-state index contributed by atoms with van der Waals surface area (Å²) in [4.78, 5) is 0. The highest BCUT2D eigenvalue weighted by Gasteiger charge is 2.08. The van der Waals surface area contributed by atoms with Crippen LogP contribution in [0.15, 0.2) is 40.8 Å². The molecule has 0 aliphatic heterocycles. The van der Waals surface area contributed by atoms with Crippen LogP contribution >= 0.6 is 11.8 Å². The van der Waals surface area contributed by atoms with E-state index < -0.39 is 5.76 Å². The van der Waals surface area contributed by atoms with Crippen LogP contribution in [0.5, 0.6) is 5.75 Å². The molecule has 0 spiro atoms. The van der Waals surface area contributed by atoms with E-state index in [-0.39, 0.29) is 5.75 Å². The Kier molecular flexibility index (Phi) is 6.74. The number of rotatable bonds is 9. The lowest BCUT2D eigenvalue weighted by Crippen LogP contribution is -2.83. The molecule has 6 heteroatoms. The maximum Gasteiger partial charge on any atom is 0.284 e. The van der Waals surface area contributed by atoms with Gasteiger partial charge in [0, 0.05) is 6.42 Å². The van der Waals surface area contributed by atoms with Gasteiger partial charge in [-0.25, -0.2) is 0 Å². The highest BCUT2D eigenvalue weighted by atomic mass is 32.2. The lowest BCUT2D eigenvalue weighted by Gasteiger charge is -2.03. The number of halogens is 2. The van der Waals surface area contributed by atoms with Gasteiger partial charge in [0.2, 0.25) is 0 Å². The van der Waals surface area contributed by atoms with E-state index in [0.717, 1.165) is 31.0 Å². The van der Waals surface area contributed by atoms with E-state index in [2.05, 4.69) is 17.4 Å². The second kappa shape index (κ2) is 8.80. The van der Waals surface area contributed by atoms with Crippen molar-refractivity contribution in [2.24, 2.45) is 0 Å². The highest BCUT2D eigenvalue weighted by Crippen LogP contribution is 2.20. The SMILES string of the molecule is COc1ccc(CC[NH2+]Cc2ccc(CSC(F)F)o2)cc1. The molecule has 0 aliphatic carbocycles. The molecule has 0 saturated carbocycles. The van der Waals surface area contributed by atoms with Crippen LogP contribution in [0.4, 0.5) is 8.78 Å². The van der Waals surface area contributed by atoms with Gasteiger partial charge in [-0.05, 0) is 29.8 Å². The van der Waals surface area contributed by atoms with Crippen LogP contribution in [0, 0.1) is 0 Å². The van der Waals surface area contributed by atoms with Gasteiger partial charge in [0.1, 0.15) is 18.1 Å². The minimum atomic E-state index is -2.36. The Morgan fingerprint density at radius 1 is 1.14 bits per heavy atom. The molecule has 0 bridgehead atoms. The smallest absolute Gasteiger partial charge is 0.284 e. The van der Waals surface area contributed by atoms with Crippen molar-refractivity contribution in [3.8, 4) is 5.75 Å². The zero-order valence-corrected chi connectivity index (χ0v) is 13.2. The Hall–Kier alpha value is -1.53. The van der Waals surface area contributed by atoms with Crippen LogP contribution < -0.4 is 10.1 Å². The molecule has 0 saturated heterocycles. The number of quaternary nitrogens is 1. The molecule has 1 aromatic heterocycles. The Labute approximate surface area is 133 Å². The summed E-state index contributed by atoms with van der Waals surface area (Å²) in [5.74, 6) is 0.134. The van der Waals surface area contributed by atoms with Crippen LogP contribution in [-0.2, 0) is 18.7 Å². The first-order valence-corrected chi connectivity index (χ1v) is 8.14. The summed E-state index contributed by atoms with van der Waals surface area (Å²) >= 11 is 0.579. The Bertz CT molecular complexity index is 558. The molecule has 0 radical (unpaired) electrons. The first-order valence-electron chi connectivity index (χ1n) is 7.09. The molecule has 3 nitrogen and oxygen atoms in total. The fourth-order valence-corrected chi connectivity index (χ4v) is 2.51. The minimum Gasteiger partial charge on any atom is -0.497 e. The third-order valence-corrected chi connectivity index (χ3v) is 3.91. The number of benzene rings is 1. The fourth-order valence-electron chi connectivity index (χ4n) is 2.06. The molecule has 2 aromatic rings. The predicted octanol–water partition coefficient (Wildman–Crippen LogP) is 3.05. The van der Waals surface area contributed by atoms with Crippen molar-refractivity contribution in [2.45, 2.75) is 24.5 Å². The first-order chi connectivity index (χ1) is 10.7. The van der Waals surface area contributed by atoms with Gasteiger partial charge < -0.3 is 14.5 Å². The van der Waals surface area contributed by atoms with Crippen molar-refractivity contribution >= 4 is 11.8 Å². The fraction of sp³-hybridized carbons (Fsp3) is 0.375. The van der Waals surface area contributed by atoms with Gasteiger partial charge in [0.25, 0.3) is 5.76 Å². The summed E-state index contributed by atoms with van der Waals surface area (Å²) in [5, 5.41) is 2.15. The maximum atomic E-state index is 12.1. The topological polar surface area (TPSA) is 39.0 Å². The summed E-state index contributed by atoms with van der Waals surface area (Å²) in [5.41, 5.74) is 1.26. The van der Waals surface area contributed by atoms with E-state index in [1.54, 1.807) is 13.2 Å². The van der Waals surface area contributed by atoms with E-state index in [1.165, 1.54) is 5.56 Å². The predicted molar refractivity (Wildman–Crippen MR) is 83.2 cm³/mol. The second-order valence-corrected chi connectivity index (χ2v) is 5.80. The van der Waals surface area contributed by atoms with E-state index in [0.29, 0.717) is 17.5 Å². The summed E-state index contributed by atoms with van der Waals surface area (Å²) in [7, 11) is 1.65. The molecule has 0 atom stereocenters. The number of nitrogens with two attached hydrogens (primary N) is 1. The molecule has 0 amide bonds. The number of methoxy groups -OCH3 is 1. The monoisotopic (exact) mass is 328 g/mol. The molecule has 0 unspecified atom stereocenters. The van der Waals surface area contributed by atoms with Crippen LogP contribution in [0.25, 0.3) is 0 Å². The second-order valence-electron chi connectivity index (χ2n) is 4.82. The largest absolute Gasteiger partial charge is 0.497 e. The summed E-state index contributed by atoms with van der Waals surface area (Å²) < 4.78 is 34.8. The number of ether oxygens (including phenoxy) is 1. The van der Waals surface area contributed by atoms with Crippen LogP contribution in [0.1, 0.15) is 17.1 Å². The third kappa shape index (κ3) is 5.69. The van der Waals surface area contributed by atoms with E-state index in [1.807, 2.05) is 18.2 Å². The maximum absolute atomic E-state index is 12.1. The first kappa shape index (κ1) is 16.8. The quantitative estimate of drug-likeness (QED) is 0.719. The Morgan fingerprint density at radius 3 is 2.55 bits per heavy atom. The van der Waals surface area contributed by atoms with Crippen LogP contribution in [0.2, 0.25) is 0 Å². The van der Waals surface area contributed by atoms with Gasteiger partial charge >= 0.3 is 0 Å². The molecular formula is C16H20F2NO2S+. The van der Waals surface area contributed by atoms with Gasteiger partial charge in [-0.3, -0.25) is 0 Å². The Balaban J connectivity index is 1.67. The molecule has 0 aliphatic rings. The lowest BCUT2D eigenvalue weighted by molar-refractivity contribution is -0.671. The van der Waals surface area contributed by atoms with Gasteiger partial charge in [-0.15, -0.1) is 0 Å². The standard InChI is InChI=1S/C16H19F2NO2S/c1-20-13-4-2-12(3-5-13)8-9-19-10-14-6-7-15(21-14)11-22-16(17)18/h2-7,16,19H,8-11H2,1H3/p+1. The van der Waals surface area contributed by atoms with E-state index in [4.69, 9.17) is 9.15 Å². The molecular weight excluding hydrogens is 308 g/mol. The normalized spacial score (nSPS) is 11.1. The van der Waals surface area contributed by atoms with E-state index >= 15 is 0 Å². The summed E-state index contributed by atoms with van der Waals surface area (Å²) in [6, 6.07) is 11.6. The lowest BCUT2D eigenvalue weighted by atomic mass is 10.1.